The number of nitrogens with two attached hydrogens (primary N) is 1. The van der Waals surface area contributed by atoms with Crippen molar-refractivity contribution >= 4 is 17.3 Å². The van der Waals surface area contributed by atoms with E-state index in [1.807, 2.05) is 38.3 Å². The number of anilines is 2. The molecular weight excluding hydrogens is 268 g/mol. The van der Waals surface area contributed by atoms with E-state index in [4.69, 9.17) is 10.5 Å². The first-order valence-electron chi connectivity index (χ1n) is 6.69. The smallest absolute Gasteiger partial charge is 0.338 e. The molecular formula is C15H20N4O2. The van der Waals surface area contributed by atoms with Crippen LogP contribution in [-0.4, -0.2) is 36.5 Å². The number of carbonyl (C=O) groups excluding carboxylic acids is 1. The van der Waals surface area contributed by atoms with Crippen molar-refractivity contribution in [3.8, 4) is 0 Å². The molecule has 2 N–H and O–H groups in total. The normalized spacial score (nSPS) is 10.4. The fourth-order valence-corrected chi connectivity index (χ4v) is 2.03. The molecule has 0 fully saturated rings. The highest BCUT2D eigenvalue weighted by Crippen LogP contribution is 2.22. The summed E-state index contributed by atoms with van der Waals surface area (Å²) in [5, 5.41) is 4.07. The van der Waals surface area contributed by atoms with Crippen LogP contribution >= 0.6 is 0 Å². The van der Waals surface area contributed by atoms with E-state index in [2.05, 4.69) is 5.10 Å². The molecule has 1 aromatic heterocycles. The van der Waals surface area contributed by atoms with Crippen molar-refractivity contribution in [3.05, 3.63) is 41.7 Å². The second-order valence-electron chi connectivity index (χ2n) is 5.08. The summed E-state index contributed by atoms with van der Waals surface area (Å²) < 4.78 is 6.97. The Bertz CT molecular complexity index is 634. The zero-order chi connectivity index (χ0) is 15.4. The summed E-state index contributed by atoms with van der Waals surface area (Å²) in [5.74, 6) is -0.365. The van der Waals surface area contributed by atoms with E-state index in [-0.39, 0.29) is 5.97 Å². The van der Waals surface area contributed by atoms with Gasteiger partial charge in [-0.1, -0.05) is 0 Å². The lowest BCUT2D eigenvalue weighted by atomic mass is 10.1. The monoisotopic (exact) mass is 288 g/mol. The third-order valence-corrected chi connectivity index (χ3v) is 3.13. The fourth-order valence-electron chi connectivity index (χ4n) is 2.03. The van der Waals surface area contributed by atoms with Gasteiger partial charge < -0.3 is 15.4 Å². The van der Waals surface area contributed by atoms with Gasteiger partial charge in [-0.05, 0) is 23.8 Å². The molecule has 0 radical (unpaired) electrons. The van der Waals surface area contributed by atoms with Gasteiger partial charge in [-0.15, -0.1) is 0 Å². The third-order valence-electron chi connectivity index (χ3n) is 3.13. The molecule has 2 rings (SSSR count). The van der Waals surface area contributed by atoms with Gasteiger partial charge in [0.15, 0.2) is 0 Å². The molecule has 0 saturated carbocycles. The van der Waals surface area contributed by atoms with Crippen molar-refractivity contribution in [2.24, 2.45) is 7.05 Å². The average Bonchev–Trinajstić information content (AvgIpc) is 2.83. The molecule has 0 bridgehead atoms. The number of aromatic nitrogens is 2. The SMILES string of the molecule is CN(C)c1ccc(C(=O)OCCc2cnn(C)c2)cc1N. The Morgan fingerprint density at radius 3 is 2.76 bits per heavy atom. The minimum absolute atomic E-state index is 0.319. The fraction of sp³-hybridized carbons (Fsp3) is 0.333. The lowest BCUT2D eigenvalue weighted by Gasteiger charge is -2.15. The zero-order valence-electron chi connectivity index (χ0n) is 12.5. The predicted octanol–water partition coefficient (Wildman–Crippen LogP) is 1.47. The maximum absolute atomic E-state index is 12.0. The van der Waals surface area contributed by atoms with Crippen LogP contribution in [0, 0.1) is 0 Å². The van der Waals surface area contributed by atoms with Crippen molar-refractivity contribution in [3.63, 3.8) is 0 Å². The standard InChI is InChI=1S/C15H20N4O2/c1-18(2)14-5-4-12(8-13(14)16)15(20)21-7-6-11-9-17-19(3)10-11/h4-5,8-10H,6-7,16H2,1-3H3. The Kier molecular flexibility index (Phi) is 4.47. The predicted molar refractivity (Wildman–Crippen MR) is 82.4 cm³/mol. The van der Waals surface area contributed by atoms with Crippen LogP contribution in [0.4, 0.5) is 11.4 Å². The summed E-state index contributed by atoms with van der Waals surface area (Å²) in [5.41, 5.74) is 8.85. The number of hydrogen-bond acceptors (Lipinski definition) is 5. The number of hydrogen-bond donors (Lipinski definition) is 1. The van der Waals surface area contributed by atoms with Gasteiger partial charge in [0.1, 0.15) is 0 Å². The van der Waals surface area contributed by atoms with E-state index in [9.17, 15) is 4.79 Å². The summed E-state index contributed by atoms with van der Waals surface area (Å²) in [7, 11) is 5.65. The minimum atomic E-state index is -0.365. The molecule has 0 aliphatic heterocycles. The number of carbonyl (C=O) groups is 1. The molecule has 0 aliphatic carbocycles. The topological polar surface area (TPSA) is 73.4 Å². The lowest BCUT2D eigenvalue weighted by Crippen LogP contribution is -2.13. The number of ether oxygens (including phenoxy) is 1. The average molecular weight is 288 g/mol. The van der Waals surface area contributed by atoms with Crippen LogP contribution in [0.3, 0.4) is 0 Å². The van der Waals surface area contributed by atoms with Crippen molar-refractivity contribution < 1.29 is 9.53 Å². The summed E-state index contributed by atoms with van der Waals surface area (Å²) in [4.78, 5) is 13.9. The van der Waals surface area contributed by atoms with Crippen molar-refractivity contribution in [1.29, 1.82) is 0 Å². The first-order chi connectivity index (χ1) is 9.97. The highest BCUT2D eigenvalue weighted by Gasteiger charge is 2.10. The Balaban J connectivity index is 1.92. The van der Waals surface area contributed by atoms with Crippen LogP contribution in [0.25, 0.3) is 0 Å². The second kappa shape index (κ2) is 6.30. The first-order valence-corrected chi connectivity index (χ1v) is 6.69. The molecule has 0 amide bonds. The highest BCUT2D eigenvalue weighted by atomic mass is 16.5. The van der Waals surface area contributed by atoms with Crippen LogP contribution in [0.15, 0.2) is 30.6 Å². The van der Waals surface area contributed by atoms with Gasteiger partial charge in [-0.2, -0.15) is 5.10 Å². The van der Waals surface area contributed by atoms with Gasteiger partial charge in [-0.3, -0.25) is 4.68 Å². The summed E-state index contributed by atoms with van der Waals surface area (Å²) in [6, 6.07) is 5.17. The van der Waals surface area contributed by atoms with E-state index >= 15 is 0 Å². The highest BCUT2D eigenvalue weighted by molar-refractivity contribution is 5.92. The quantitative estimate of drug-likeness (QED) is 0.666. The van der Waals surface area contributed by atoms with Gasteiger partial charge in [0, 0.05) is 33.8 Å². The van der Waals surface area contributed by atoms with Crippen LogP contribution in [-0.2, 0) is 18.2 Å². The molecule has 6 nitrogen and oxygen atoms in total. The number of rotatable bonds is 5. The molecule has 0 aliphatic rings. The Morgan fingerprint density at radius 2 is 2.19 bits per heavy atom. The van der Waals surface area contributed by atoms with E-state index in [1.54, 1.807) is 23.0 Å². The third kappa shape index (κ3) is 3.75. The maximum atomic E-state index is 12.0. The largest absolute Gasteiger partial charge is 0.462 e. The van der Waals surface area contributed by atoms with Crippen molar-refractivity contribution in [2.75, 3.05) is 31.3 Å². The van der Waals surface area contributed by atoms with Crippen molar-refractivity contribution in [2.45, 2.75) is 6.42 Å². The number of esters is 1. The minimum Gasteiger partial charge on any atom is -0.462 e. The second-order valence-corrected chi connectivity index (χ2v) is 5.08. The molecule has 1 aromatic carbocycles. The Hall–Kier alpha value is -2.50. The van der Waals surface area contributed by atoms with Gasteiger partial charge >= 0.3 is 5.97 Å². The Labute approximate surface area is 124 Å². The van der Waals surface area contributed by atoms with Crippen LogP contribution < -0.4 is 10.6 Å². The Morgan fingerprint density at radius 1 is 1.43 bits per heavy atom. The van der Waals surface area contributed by atoms with E-state index in [1.165, 1.54) is 0 Å². The summed E-state index contributed by atoms with van der Waals surface area (Å²) in [6.45, 7) is 0.319. The first kappa shape index (κ1) is 14.9. The molecule has 1 heterocycles. The van der Waals surface area contributed by atoms with Gasteiger partial charge in [0.25, 0.3) is 0 Å². The molecule has 0 saturated heterocycles. The molecule has 112 valence electrons. The number of nitrogen functional groups attached to an aromatic ring is 1. The molecule has 2 aromatic rings. The summed E-state index contributed by atoms with van der Waals surface area (Å²) >= 11 is 0. The van der Waals surface area contributed by atoms with E-state index < -0.39 is 0 Å². The van der Waals surface area contributed by atoms with Gasteiger partial charge in [-0.25, -0.2) is 4.79 Å². The molecule has 0 atom stereocenters. The number of benzene rings is 1. The van der Waals surface area contributed by atoms with E-state index in [0.717, 1.165) is 11.3 Å². The van der Waals surface area contributed by atoms with Gasteiger partial charge in [0.2, 0.25) is 0 Å². The summed E-state index contributed by atoms with van der Waals surface area (Å²) in [6.07, 6.45) is 4.31. The van der Waals surface area contributed by atoms with Gasteiger partial charge in [0.05, 0.1) is 29.7 Å². The molecule has 6 heteroatoms. The van der Waals surface area contributed by atoms with Crippen LogP contribution in [0.5, 0.6) is 0 Å². The number of nitrogens with zero attached hydrogens (tertiary/aromatic N) is 3. The lowest BCUT2D eigenvalue weighted by molar-refractivity contribution is 0.0509. The molecule has 0 spiro atoms. The maximum Gasteiger partial charge on any atom is 0.338 e. The van der Waals surface area contributed by atoms with E-state index in [0.29, 0.717) is 24.3 Å². The zero-order valence-corrected chi connectivity index (χ0v) is 12.5. The van der Waals surface area contributed by atoms with Crippen molar-refractivity contribution in [1.82, 2.24) is 9.78 Å². The molecule has 21 heavy (non-hydrogen) atoms. The number of aryl methyl sites for hydroxylation is 1. The molecule has 0 unspecified atom stereocenters. The van der Waals surface area contributed by atoms with Crippen LogP contribution in [0.1, 0.15) is 15.9 Å². The van der Waals surface area contributed by atoms with Crippen LogP contribution in [0.2, 0.25) is 0 Å².